The van der Waals surface area contributed by atoms with Crippen LogP contribution in [0.3, 0.4) is 0 Å². The van der Waals surface area contributed by atoms with Crippen molar-refractivity contribution in [2.24, 2.45) is 5.92 Å². The van der Waals surface area contributed by atoms with Crippen LogP contribution in [-0.2, 0) is 10.0 Å². The Morgan fingerprint density at radius 1 is 1.00 bits per heavy atom. The van der Waals surface area contributed by atoms with Crippen LogP contribution in [0.15, 0.2) is 59.8 Å². The van der Waals surface area contributed by atoms with E-state index in [4.69, 9.17) is 16.3 Å². The molecule has 0 saturated carbocycles. The highest BCUT2D eigenvalue weighted by Gasteiger charge is 2.16. The summed E-state index contributed by atoms with van der Waals surface area (Å²) in [5, 5.41) is 6.95. The number of rotatable bonds is 9. The van der Waals surface area contributed by atoms with Crippen molar-refractivity contribution in [3.63, 3.8) is 0 Å². The molecular weight excluding hydrogens is 438 g/mol. The van der Waals surface area contributed by atoms with Gasteiger partial charge in [-0.25, -0.2) is 23.1 Å². The fourth-order valence-electron chi connectivity index (χ4n) is 2.59. The Morgan fingerprint density at radius 3 is 2.32 bits per heavy atom. The van der Waals surface area contributed by atoms with Gasteiger partial charge in [0.2, 0.25) is 10.0 Å². The molecule has 0 aliphatic rings. The summed E-state index contributed by atoms with van der Waals surface area (Å²) in [6.07, 6.45) is 1.41. The fourth-order valence-corrected chi connectivity index (χ4v) is 3.47. The van der Waals surface area contributed by atoms with Gasteiger partial charge in [-0.15, -0.1) is 0 Å². The van der Waals surface area contributed by atoms with Gasteiger partial charge in [0, 0.05) is 16.8 Å². The van der Waals surface area contributed by atoms with Crippen LogP contribution >= 0.6 is 11.6 Å². The normalized spacial score (nSPS) is 11.4. The Morgan fingerprint density at radius 2 is 1.68 bits per heavy atom. The van der Waals surface area contributed by atoms with Crippen LogP contribution in [0.2, 0.25) is 5.02 Å². The zero-order chi connectivity index (χ0) is 22.4. The molecule has 0 unspecified atom stereocenters. The second-order valence-electron chi connectivity index (χ2n) is 7.12. The molecule has 1 aromatic heterocycles. The van der Waals surface area contributed by atoms with Gasteiger partial charge in [0.05, 0.1) is 17.2 Å². The molecule has 0 bridgehead atoms. The van der Waals surface area contributed by atoms with Gasteiger partial charge in [-0.3, -0.25) is 0 Å². The number of benzene rings is 2. The molecule has 8 nitrogen and oxygen atoms in total. The Kier molecular flexibility index (Phi) is 7.32. The van der Waals surface area contributed by atoms with E-state index in [1.54, 1.807) is 24.3 Å². The Bertz CT molecular complexity index is 1140. The van der Waals surface area contributed by atoms with Gasteiger partial charge in [0.1, 0.15) is 23.7 Å². The van der Waals surface area contributed by atoms with Crippen LogP contribution in [0.4, 0.5) is 23.0 Å². The fraction of sp³-hybridized carbons (Fsp3) is 0.238. The van der Waals surface area contributed by atoms with Crippen molar-refractivity contribution in [1.29, 1.82) is 0 Å². The summed E-state index contributed by atoms with van der Waals surface area (Å²) in [7, 11) is -2.25. The van der Waals surface area contributed by atoms with E-state index >= 15 is 0 Å². The van der Waals surface area contributed by atoms with Crippen LogP contribution in [0.5, 0.6) is 5.75 Å². The lowest BCUT2D eigenvalue weighted by molar-refractivity contribution is 0.272. The predicted molar refractivity (Wildman–Crippen MR) is 123 cm³/mol. The highest BCUT2D eigenvalue weighted by Crippen LogP contribution is 2.31. The highest BCUT2D eigenvalue weighted by molar-refractivity contribution is 7.89. The van der Waals surface area contributed by atoms with Crippen molar-refractivity contribution in [3.05, 3.63) is 59.9 Å². The topological polar surface area (TPSA) is 105 Å². The SMILES string of the molecule is CNS(=O)(=O)c1ccc(OCC(C)C)c(Nc2cc(Nc3ccc(Cl)cc3)ncn2)c1. The number of nitrogens with one attached hydrogen (secondary N) is 3. The van der Waals surface area contributed by atoms with Gasteiger partial charge in [-0.2, -0.15) is 0 Å². The highest BCUT2D eigenvalue weighted by atomic mass is 35.5. The molecule has 0 saturated heterocycles. The third kappa shape index (κ3) is 6.30. The van der Waals surface area contributed by atoms with Gasteiger partial charge in [0.15, 0.2) is 0 Å². The summed E-state index contributed by atoms with van der Waals surface area (Å²) >= 11 is 5.92. The predicted octanol–water partition coefficient (Wildman–Crippen LogP) is 4.56. The summed E-state index contributed by atoms with van der Waals surface area (Å²) in [4.78, 5) is 8.57. The Hall–Kier alpha value is -2.88. The van der Waals surface area contributed by atoms with E-state index in [1.165, 1.54) is 25.5 Å². The van der Waals surface area contributed by atoms with Crippen molar-refractivity contribution < 1.29 is 13.2 Å². The Balaban J connectivity index is 1.88. The zero-order valence-electron chi connectivity index (χ0n) is 17.4. The first kappa shape index (κ1) is 22.8. The molecule has 3 rings (SSSR count). The molecular formula is C21H24ClN5O3S. The van der Waals surface area contributed by atoms with Crippen molar-refractivity contribution in [1.82, 2.24) is 14.7 Å². The second-order valence-corrected chi connectivity index (χ2v) is 9.44. The van der Waals surface area contributed by atoms with E-state index < -0.39 is 10.0 Å². The van der Waals surface area contributed by atoms with E-state index in [9.17, 15) is 8.42 Å². The van der Waals surface area contributed by atoms with Crippen LogP contribution < -0.4 is 20.1 Å². The first-order valence-electron chi connectivity index (χ1n) is 9.59. The molecule has 3 aromatic rings. The van der Waals surface area contributed by atoms with Crippen LogP contribution in [0.1, 0.15) is 13.8 Å². The smallest absolute Gasteiger partial charge is 0.240 e. The largest absolute Gasteiger partial charge is 0.491 e. The maximum atomic E-state index is 12.2. The van der Waals surface area contributed by atoms with Gasteiger partial charge in [0.25, 0.3) is 0 Å². The zero-order valence-corrected chi connectivity index (χ0v) is 19.0. The van der Waals surface area contributed by atoms with Gasteiger partial charge >= 0.3 is 0 Å². The number of hydrogen-bond acceptors (Lipinski definition) is 7. The van der Waals surface area contributed by atoms with Crippen molar-refractivity contribution in [2.45, 2.75) is 18.7 Å². The maximum absolute atomic E-state index is 12.2. The molecule has 0 aliphatic carbocycles. The van der Waals surface area contributed by atoms with Gasteiger partial charge in [-0.1, -0.05) is 25.4 Å². The summed E-state index contributed by atoms with van der Waals surface area (Å²) in [5.41, 5.74) is 1.30. The average Bonchev–Trinajstić information content (AvgIpc) is 2.74. The summed E-state index contributed by atoms with van der Waals surface area (Å²) in [6, 6.07) is 13.6. The average molecular weight is 462 g/mol. The summed E-state index contributed by atoms with van der Waals surface area (Å²) in [5.74, 6) is 1.86. The van der Waals surface area contributed by atoms with Crippen LogP contribution in [-0.4, -0.2) is 32.0 Å². The van der Waals surface area contributed by atoms with E-state index in [0.717, 1.165) is 5.69 Å². The minimum absolute atomic E-state index is 0.114. The lowest BCUT2D eigenvalue weighted by Gasteiger charge is -2.16. The van der Waals surface area contributed by atoms with Crippen LogP contribution in [0, 0.1) is 5.92 Å². The number of hydrogen-bond donors (Lipinski definition) is 3. The molecule has 1 heterocycles. The molecule has 0 radical (unpaired) electrons. The maximum Gasteiger partial charge on any atom is 0.240 e. The third-order valence-electron chi connectivity index (χ3n) is 4.15. The number of nitrogens with zero attached hydrogens (tertiary/aromatic N) is 2. The lowest BCUT2D eigenvalue weighted by Crippen LogP contribution is -2.18. The van der Waals surface area contributed by atoms with E-state index in [2.05, 4.69) is 25.3 Å². The number of halogens is 1. The molecule has 3 N–H and O–H groups in total. The molecule has 2 aromatic carbocycles. The van der Waals surface area contributed by atoms with Crippen molar-refractivity contribution in [3.8, 4) is 5.75 Å². The Labute approximate surface area is 187 Å². The lowest BCUT2D eigenvalue weighted by atomic mass is 10.2. The standard InChI is InChI=1S/C21H24ClN5O3S/c1-14(2)12-30-19-9-8-17(31(28,29)23-3)10-18(19)27-21-11-20(24-13-25-21)26-16-6-4-15(22)5-7-16/h4-11,13-14,23H,12H2,1-3H3,(H2,24,25,26,27). The molecule has 0 atom stereocenters. The number of anilines is 4. The first-order valence-corrected chi connectivity index (χ1v) is 11.4. The molecule has 0 fully saturated rings. The summed E-state index contributed by atoms with van der Waals surface area (Å²) in [6.45, 7) is 4.55. The molecule has 0 aliphatic heterocycles. The third-order valence-corrected chi connectivity index (χ3v) is 5.81. The number of sulfonamides is 1. The van der Waals surface area contributed by atoms with E-state index in [1.807, 2.05) is 26.0 Å². The minimum atomic E-state index is -3.61. The molecule has 0 spiro atoms. The van der Waals surface area contributed by atoms with E-state index in [0.29, 0.717) is 40.6 Å². The monoisotopic (exact) mass is 461 g/mol. The number of ether oxygens (including phenoxy) is 1. The molecule has 31 heavy (non-hydrogen) atoms. The molecule has 10 heteroatoms. The minimum Gasteiger partial charge on any atom is -0.491 e. The molecule has 0 amide bonds. The number of aromatic nitrogens is 2. The molecule has 164 valence electrons. The van der Waals surface area contributed by atoms with Crippen LogP contribution in [0.25, 0.3) is 0 Å². The van der Waals surface area contributed by atoms with Crippen molar-refractivity contribution in [2.75, 3.05) is 24.3 Å². The quantitative estimate of drug-likeness (QED) is 0.429. The van der Waals surface area contributed by atoms with E-state index in [-0.39, 0.29) is 4.90 Å². The first-order chi connectivity index (χ1) is 14.8. The van der Waals surface area contributed by atoms with Gasteiger partial charge in [-0.05, 0) is 55.4 Å². The second kappa shape index (κ2) is 9.95. The van der Waals surface area contributed by atoms with Crippen molar-refractivity contribution >= 4 is 44.6 Å². The summed E-state index contributed by atoms with van der Waals surface area (Å²) < 4.78 is 32.7. The van der Waals surface area contributed by atoms with Gasteiger partial charge < -0.3 is 15.4 Å².